The van der Waals surface area contributed by atoms with Crippen LogP contribution in [0.3, 0.4) is 0 Å². The van der Waals surface area contributed by atoms with Crippen molar-refractivity contribution in [1.82, 2.24) is 19.9 Å². The molecule has 2 aliphatic heterocycles. The van der Waals surface area contributed by atoms with E-state index in [4.69, 9.17) is 15.2 Å². The van der Waals surface area contributed by atoms with Crippen LogP contribution in [0.15, 0.2) is 54.5 Å². The van der Waals surface area contributed by atoms with Gasteiger partial charge in [0.1, 0.15) is 18.1 Å². The minimum Gasteiger partial charge on any atom is -0.497 e. The number of nitrogen functional groups attached to an aromatic ring is 1. The van der Waals surface area contributed by atoms with Crippen molar-refractivity contribution in [3.05, 3.63) is 65.8 Å². The number of aromatic nitrogens is 3. The second-order valence-electron chi connectivity index (χ2n) is 8.25. The highest BCUT2D eigenvalue weighted by Gasteiger charge is 2.29. The Bertz CT molecular complexity index is 1190. The Balaban J connectivity index is 1.30. The SMILES string of the molecule is COc1ccc2c(c1)C=C(C(=O)N1CCCC(c3ccc(-c4cnc(N)nc4)cn3)C1)CO2. The molecule has 8 heteroatoms. The van der Waals surface area contributed by atoms with Crippen molar-refractivity contribution in [2.24, 2.45) is 0 Å². The molecule has 1 saturated heterocycles. The predicted octanol–water partition coefficient (Wildman–Crippen LogP) is 3.31. The number of fused-ring (bicyclic) bond motifs is 1. The molecular weight excluding hydrogens is 418 g/mol. The van der Waals surface area contributed by atoms with Gasteiger partial charge in [-0.05, 0) is 43.2 Å². The topological polar surface area (TPSA) is 103 Å². The van der Waals surface area contributed by atoms with Gasteiger partial charge in [0, 0.05) is 60.0 Å². The number of rotatable bonds is 4. The van der Waals surface area contributed by atoms with Gasteiger partial charge in [-0.2, -0.15) is 0 Å². The van der Waals surface area contributed by atoms with Crippen molar-refractivity contribution >= 4 is 17.9 Å². The Labute approximate surface area is 192 Å². The summed E-state index contributed by atoms with van der Waals surface area (Å²) < 4.78 is 11.1. The van der Waals surface area contributed by atoms with Crippen LogP contribution >= 0.6 is 0 Å². The van der Waals surface area contributed by atoms with Crippen molar-refractivity contribution in [1.29, 1.82) is 0 Å². The molecule has 1 aromatic carbocycles. The molecule has 1 amide bonds. The van der Waals surface area contributed by atoms with Gasteiger partial charge in [-0.25, -0.2) is 9.97 Å². The number of amides is 1. The summed E-state index contributed by atoms with van der Waals surface area (Å²) in [5, 5.41) is 0. The molecule has 2 aliphatic rings. The van der Waals surface area contributed by atoms with E-state index >= 15 is 0 Å². The zero-order chi connectivity index (χ0) is 22.8. The normalized spacial score (nSPS) is 17.5. The van der Waals surface area contributed by atoms with E-state index in [0.717, 1.165) is 53.3 Å². The molecule has 1 fully saturated rings. The van der Waals surface area contributed by atoms with E-state index in [2.05, 4.69) is 15.0 Å². The van der Waals surface area contributed by atoms with Crippen LogP contribution < -0.4 is 15.2 Å². The Hall–Kier alpha value is -3.94. The first-order chi connectivity index (χ1) is 16.1. The van der Waals surface area contributed by atoms with Crippen LogP contribution in [0.1, 0.15) is 30.0 Å². The van der Waals surface area contributed by atoms with E-state index in [1.165, 1.54) is 0 Å². The summed E-state index contributed by atoms with van der Waals surface area (Å²) in [6.45, 7) is 1.65. The highest BCUT2D eigenvalue weighted by atomic mass is 16.5. The molecule has 1 atom stereocenters. The van der Waals surface area contributed by atoms with E-state index in [1.807, 2.05) is 47.5 Å². The summed E-state index contributed by atoms with van der Waals surface area (Å²) in [5.41, 5.74) is 9.86. The molecule has 5 rings (SSSR count). The molecule has 2 N–H and O–H groups in total. The number of piperidine rings is 1. The molecule has 33 heavy (non-hydrogen) atoms. The first-order valence-corrected chi connectivity index (χ1v) is 11.0. The molecule has 4 heterocycles. The summed E-state index contributed by atoms with van der Waals surface area (Å²) in [4.78, 5) is 27.9. The molecule has 3 aromatic rings. The van der Waals surface area contributed by atoms with Crippen LogP contribution in [0.25, 0.3) is 17.2 Å². The second-order valence-corrected chi connectivity index (χ2v) is 8.25. The number of nitrogens with zero attached hydrogens (tertiary/aromatic N) is 4. The third-order valence-corrected chi connectivity index (χ3v) is 6.12. The third kappa shape index (κ3) is 4.37. The van der Waals surface area contributed by atoms with Crippen molar-refractivity contribution in [3.8, 4) is 22.6 Å². The Morgan fingerprint density at radius 2 is 1.94 bits per heavy atom. The van der Waals surface area contributed by atoms with Crippen molar-refractivity contribution in [3.63, 3.8) is 0 Å². The molecular formula is C25H25N5O3. The number of methoxy groups -OCH3 is 1. The lowest BCUT2D eigenvalue weighted by molar-refractivity contribution is -0.128. The lowest BCUT2D eigenvalue weighted by Gasteiger charge is -2.33. The van der Waals surface area contributed by atoms with Crippen molar-refractivity contribution in [2.45, 2.75) is 18.8 Å². The Morgan fingerprint density at radius 1 is 1.12 bits per heavy atom. The smallest absolute Gasteiger partial charge is 0.253 e. The number of pyridine rings is 1. The highest BCUT2D eigenvalue weighted by molar-refractivity contribution is 5.99. The number of anilines is 1. The van der Waals surface area contributed by atoms with Crippen LogP contribution in [0.5, 0.6) is 11.5 Å². The first-order valence-electron chi connectivity index (χ1n) is 11.0. The minimum atomic E-state index is 0.0174. The molecule has 0 saturated carbocycles. The number of ether oxygens (including phenoxy) is 2. The fourth-order valence-corrected chi connectivity index (χ4v) is 4.32. The number of hydrogen-bond donors (Lipinski definition) is 1. The molecule has 168 valence electrons. The maximum absolute atomic E-state index is 13.3. The van der Waals surface area contributed by atoms with Crippen LogP contribution in [-0.4, -0.2) is 52.6 Å². The van der Waals surface area contributed by atoms with Crippen molar-refractivity contribution in [2.75, 3.05) is 32.5 Å². The van der Waals surface area contributed by atoms with E-state index < -0.39 is 0 Å². The number of hydrogen-bond acceptors (Lipinski definition) is 7. The van der Waals surface area contributed by atoms with Crippen LogP contribution in [0.4, 0.5) is 5.95 Å². The fourth-order valence-electron chi connectivity index (χ4n) is 4.32. The lowest BCUT2D eigenvalue weighted by atomic mass is 9.93. The van der Waals surface area contributed by atoms with Crippen LogP contribution in [-0.2, 0) is 4.79 Å². The predicted molar refractivity (Wildman–Crippen MR) is 125 cm³/mol. The molecule has 0 spiro atoms. The number of carbonyl (C=O) groups is 1. The van der Waals surface area contributed by atoms with E-state index in [-0.39, 0.29) is 24.4 Å². The number of benzene rings is 1. The number of nitrogens with two attached hydrogens (primary N) is 1. The Kier molecular flexibility index (Phi) is 5.64. The maximum Gasteiger partial charge on any atom is 0.253 e. The van der Waals surface area contributed by atoms with Gasteiger partial charge >= 0.3 is 0 Å². The van der Waals surface area contributed by atoms with Gasteiger partial charge in [0.2, 0.25) is 5.95 Å². The number of carbonyl (C=O) groups excluding carboxylic acids is 1. The first kappa shape index (κ1) is 20.9. The summed E-state index contributed by atoms with van der Waals surface area (Å²) in [6.07, 6.45) is 9.05. The van der Waals surface area contributed by atoms with Gasteiger partial charge in [0.05, 0.1) is 12.7 Å². The Morgan fingerprint density at radius 3 is 2.70 bits per heavy atom. The monoisotopic (exact) mass is 443 g/mol. The lowest BCUT2D eigenvalue weighted by Crippen LogP contribution is -2.41. The van der Waals surface area contributed by atoms with Gasteiger partial charge in [-0.15, -0.1) is 0 Å². The zero-order valence-corrected chi connectivity index (χ0v) is 18.4. The van der Waals surface area contributed by atoms with Gasteiger partial charge in [0.25, 0.3) is 5.91 Å². The van der Waals surface area contributed by atoms with E-state index in [0.29, 0.717) is 12.1 Å². The average Bonchev–Trinajstić information content (AvgIpc) is 2.88. The van der Waals surface area contributed by atoms with E-state index in [1.54, 1.807) is 19.5 Å². The molecule has 0 radical (unpaired) electrons. The minimum absolute atomic E-state index is 0.0174. The van der Waals surface area contributed by atoms with Crippen molar-refractivity contribution < 1.29 is 14.3 Å². The molecule has 1 unspecified atom stereocenters. The fraction of sp³-hybridized carbons (Fsp3) is 0.280. The standard InChI is InChI=1S/C25H25N5O3/c1-32-21-5-7-23-18(10-21)9-19(15-33-23)24(31)30-8-2-3-17(14-30)22-6-4-16(11-27-22)20-12-28-25(26)29-13-20/h4-7,9-13,17H,2-3,8,14-15H2,1H3,(H2,26,28,29). The van der Waals surface area contributed by atoms with Gasteiger partial charge in [0.15, 0.2) is 0 Å². The number of likely N-dealkylation sites (tertiary alicyclic amines) is 1. The van der Waals surface area contributed by atoms with Gasteiger partial charge in [-0.3, -0.25) is 9.78 Å². The van der Waals surface area contributed by atoms with Crippen LogP contribution in [0, 0.1) is 0 Å². The highest BCUT2D eigenvalue weighted by Crippen LogP contribution is 2.32. The zero-order valence-electron chi connectivity index (χ0n) is 18.4. The molecule has 0 aliphatic carbocycles. The summed E-state index contributed by atoms with van der Waals surface area (Å²) in [7, 11) is 1.62. The largest absolute Gasteiger partial charge is 0.497 e. The van der Waals surface area contributed by atoms with Gasteiger partial charge < -0.3 is 20.1 Å². The molecule has 0 bridgehead atoms. The van der Waals surface area contributed by atoms with Gasteiger partial charge in [-0.1, -0.05) is 6.07 Å². The second kappa shape index (κ2) is 8.90. The molecule has 8 nitrogen and oxygen atoms in total. The quantitative estimate of drug-likeness (QED) is 0.660. The summed E-state index contributed by atoms with van der Waals surface area (Å²) in [6, 6.07) is 9.65. The molecule has 2 aromatic heterocycles. The summed E-state index contributed by atoms with van der Waals surface area (Å²) >= 11 is 0. The van der Waals surface area contributed by atoms with E-state index in [9.17, 15) is 4.79 Å². The maximum atomic E-state index is 13.3. The third-order valence-electron chi connectivity index (χ3n) is 6.12. The summed E-state index contributed by atoms with van der Waals surface area (Å²) in [5.74, 6) is 1.96. The average molecular weight is 444 g/mol. The van der Waals surface area contributed by atoms with Crippen LogP contribution in [0.2, 0.25) is 0 Å².